The second-order valence-corrected chi connectivity index (χ2v) is 8.62. The van der Waals surface area contributed by atoms with Crippen molar-refractivity contribution < 1.29 is 9.59 Å². The van der Waals surface area contributed by atoms with Gasteiger partial charge in [0.1, 0.15) is 5.65 Å². The first kappa shape index (κ1) is 20.9. The summed E-state index contributed by atoms with van der Waals surface area (Å²) >= 11 is 0. The van der Waals surface area contributed by atoms with Crippen molar-refractivity contribution in [3.8, 4) is 11.3 Å². The summed E-state index contributed by atoms with van der Waals surface area (Å²) in [7, 11) is 0. The second-order valence-electron chi connectivity index (χ2n) is 8.62. The molecule has 2 aromatic carbocycles. The lowest BCUT2D eigenvalue weighted by molar-refractivity contribution is -0.114. The monoisotopic (exact) mass is 435 g/mol. The van der Waals surface area contributed by atoms with Gasteiger partial charge in [-0.25, -0.2) is 4.98 Å². The molecule has 2 aromatic heterocycles. The molecular weight excluding hydrogens is 410 g/mol. The van der Waals surface area contributed by atoms with Crippen molar-refractivity contribution in [3.05, 3.63) is 94.8 Å². The van der Waals surface area contributed by atoms with E-state index in [1.165, 1.54) is 5.56 Å². The number of aryl methyl sites for hydroxylation is 2. The highest BCUT2D eigenvalue weighted by atomic mass is 16.2. The molecule has 5 nitrogen and oxygen atoms in total. The maximum atomic E-state index is 13.1. The smallest absolute Gasteiger partial charge is 0.251 e. The Morgan fingerprint density at radius 3 is 2.52 bits per heavy atom. The molecule has 0 unspecified atom stereocenters. The molecular formula is C28H25N3O2. The number of carbonyl (C=O) groups excluding carboxylic acids is 2. The Morgan fingerprint density at radius 1 is 0.970 bits per heavy atom. The van der Waals surface area contributed by atoms with E-state index in [1.807, 2.05) is 47.9 Å². The second kappa shape index (κ2) is 8.17. The SMILES string of the molecule is CC(=O)c1ccc2c(c1)CCN2C(=O)/C=C/c1c(-c2ccc(C)cc2)nc2cc(C)ccn12. The standard InChI is InChI=1S/C28H25N3O2/c1-18-4-6-21(7-5-18)28-25(30-14-12-19(2)16-26(30)29-28)10-11-27(33)31-15-13-23-17-22(20(3)32)8-9-24(23)31/h4-12,14,16-17H,13,15H2,1-3H3/b11-10+. The van der Waals surface area contributed by atoms with Crippen LogP contribution in [0.3, 0.4) is 0 Å². The maximum absolute atomic E-state index is 13.1. The van der Waals surface area contributed by atoms with Crippen molar-refractivity contribution in [2.75, 3.05) is 11.4 Å². The number of benzene rings is 2. The zero-order valence-corrected chi connectivity index (χ0v) is 19.0. The van der Waals surface area contributed by atoms with Crippen LogP contribution in [-0.4, -0.2) is 27.6 Å². The van der Waals surface area contributed by atoms with Crippen molar-refractivity contribution in [1.29, 1.82) is 0 Å². The molecule has 0 atom stereocenters. The Morgan fingerprint density at radius 2 is 1.76 bits per heavy atom. The van der Waals surface area contributed by atoms with Crippen LogP contribution in [0.4, 0.5) is 5.69 Å². The van der Waals surface area contributed by atoms with E-state index in [-0.39, 0.29) is 11.7 Å². The fourth-order valence-corrected chi connectivity index (χ4v) is 4.34. The molecule has 0 aliphatic carbocycles. The highest BCUT2D eigenvalue weighted by Gasteiger charge is 2.24. The van der Waals surface area contributed by atoms with Crippen LogP contribution in [0.25, 0.3) is 23.0 Å². The van der Waals surface area contributed by atoms with Crippen LogP contribution in [-0.2, 0) is 11.2 Å². The normalized spacial score (nSPS) is 13.1. The molecule has 0 saturated heterocycles. The van der Waals surface area contributed by atoms with Crippen molar-refractivity contribution in [3.63, 3.8) is 0 Å². The van der Waals surface area contributed by atoms with E-state index in [4.69, 9.17) is 4.98 Å². The van der Waals surface area contributed by atoms with Crippen molar-refractivity contribution >= 4 is 29.1 Å². The summed E-state index contributed by atoms with van der Waals surface area (Å²) in [6.45, 7) is 6.27. The Bertz CT molecular complexity index is 1430. The number of nitrogens with zero attached hydrogens (tertiary/aromatic N) is 3. The van der Waals surface area contributed by atoms with Gasteiger partial charge >= 0.3 is 0 Å². The first-order chi connectivity index (χ1) is 15.9. The quantitative estimate of drug-likeness (QED) is 0.318. The van der Waals surface area contributed by atoms with Gasteiger partial charge in [0.25, 0.3) is 5.91 Å². The number of amides is 1. The molecule has 0 spiro atoms. The van der Waals surface area contributed by atoms with Crippen LogP contribution in [0.1, 0.15) is 39.7 Å². The van der Waals surface area contributed by atoms with Gasteiger partial charge in [-0.15, -0.1) is 0 Å². The maximum Gasteiger partial charge on any atom is 0.251 e. The lowest BCUT2D eigenvalue weighted by atomic mass is 10.1. The lowest BCUT2D eigenvalue weighted by Crippen LogP contribution is -2.26. The fraction of sp³-hybridized carbons (Fsp3) is 0.179. The number of ketones is 1. The number of fused-ring (bicyclic) bond motifs is 2. The predicted molar refractivity (Wildman–Crippen MR) is 132 cm³/mol. The van der Waals surface area contributed by atoms with Crippen LogP contribution < -0.4 is 4.90 Å². The summed E-state index contributed by atoms with van der Waals surface area (Å²) in [5.41, 5.74) is 8.49. The number of Topliss-reactive ketones (excluding diaryl/α,β-unsaturated/α-hetero) is 1. The first-order valence-corrected chi connectivity index (χ1v) is 11.1. The van der Waals surface area contributed by atoms with Crippen LogP contribution >= 0.6 is 0 Å². The minimum atomic E-state index is -0.0822. The molecule has 0 bridgehead atoms. The summed E-state index contributed by atoms with van der Waals surface area (Å²) in [5.74, 6) is -0.0461. The molecule has 4 aromatic rings. The number of rotatable bonds is 4. The third-order valence-corrected chi connectivity index (χ3v) is 6.17. The number of hydrogen-bond acceptors (Lipinski definition) is 3. The Hall–Kier alpha value is -3.99. The average molecular weight is 436 g/mol. The largest absolute Gasteiger partial charge is 0.308 e. The molecule has 164 valence electrons. The van der Waals surface area contributed by atoms with Gasteiger partial charge in [0.15, 0.2) is 5.78 Å². The number of aromatic nitrogens is 2. The number of imidazole rings is 1. The molecule has 0 saturated carbocycles. The summed E-state index contributed by atoms with van der Waals surface area (Å²) < 4.78 is 2.02. The molecule has 5 rings (SSSR count). The van der Waals surface area contributed by atoms with Gasteiger partial charge in [0.05, 0.1) is 11.4 Å². The van der Waals surface area contributed by atoms with E-state index in [9.17, 15) is 9.59 Å². The van der Waals surface area contributed by atoms with Gasteiger partial charge in [-0.1, -0.05) is 29.8 Å². The summed E-state index contributed by atoms with van der Waals surface area (Å²) in [5, 5.41) is 0. The van der Waals surface area contributed by atoms with Gasteiger partial charge in [-0.3, -0.25) is 14.0 Å². The van der Waals surface area contributed by atoms with E-state index < -0.39 is 0 Å². The predicted octanol–water partition coefficient (Wildman–Crippen LogP) is 5.42. The molecule has 1 aliphatic rings. The van der Waals surface area contributed by atoms with Crippen molar-refractivity contribution in [2.24, 2.45) is 0 Å². The van der Waals surface area contributed by atoms with Crippen molar-refractivity contribution in [1.82, 2.24) is 9.38 Å². The van der Waals surface area contributed by atoms with E-state index in [0.717, 1.165) is 45.8 Å². The van der Waals surface area contributed by atoms with Gasteiger partial charge < -0.3 is 4.90 Å². The zero-order valence-electron chi connectivity index (χ0n) is 19.0. The number of anilines is 1. The van der Waals surface area contributed by atoms with Gasteiger partial charge in [-0.2, -0.15) is 0 Å². The van der Waals surface area contributed by atoms with Gasteiger partial charge in [-0.05, 0) is 74.7 Å². The van der Waals surface area contributed by atoms with Gasteiger partial charge in [0, 0.05) is 35.6 Å². The minimum absolute atomic E-state index is 0.0361. The van der Waals surface area contributed by atoms with Crippen LogP contribution in [0.5, 0.6) is 0 Å². The molecule has 33 heavy (non-hydrogen) atoms. The molecule has 0 radical (unpaired) electrons. The summed E-state index contributed by atoms with van der Waals surface area (Å²) in [6, 6.07) is 17.9. The average Bonchev–Trinajstić information content (AvgIpc) is 3.38. The van der Waals surface area contributed by atoms with Crippen LogP contribution in [0.2, 0.25) is 0 Å². The number of carbonyl (C=O) groups is 2. The van der Waals surface area contributed by atoms with Crippen molar-refractivity contribution in [2.45, 2.75) is 27.2 Å². The molecule has 0 N–H and O–H groups in total. The molecule has 0 fully saturated rings. The summed E-state index contributed by atoms with van der Waals surface area (Å²) in [6.07, 6.45) is 6.22. The van der Waals surface area contributed by atoms with E-state index in [1.54, 1.807) is 24.0 Å². The number of pyridine rings is 1. The van der Waals surface area contributed by atoms with Gasteiger partial charge in [0.2, 0.25) is 0 Å². The molecule has 5 heteroatoms. The highest BCUT2D eigenvalue weighted by molar-refractivity contribution is 6.06. The Balaban J connectivity index is 1.51. The topological polar surface area (TPSA) is 54.7 Å². The van der Waals surface area contributed by atoms with Crippen LogP contribution in [0, 0.1) is 13.8 Å². The van der Waals surface area contributed by atoms with E-state index in [2.05, 4.69) is 31.2 Å². The van der Waals surface area contributed by atoms with Crippen LogP contribution in [0.15, 0.2) is 66.9 Å². The fourth-order valence-electron chi connectivity index (χ4n) is 4.34. The highest BCUT2D eigenvalue weighted by Crippen LogP contribution is 2.30. The zero-order chi connectivity index (χ0) is 23.1. The molecule has 1 amide bonds. The number of hydrogen-bond donors (Lipinski definition) is 0. The minimum Gasteiger partial charge on any atom is -0.308 e. The lowest BCUT2D eigenvalue weighted by Gasteiger charge is -2.15. The third-order valence-electron chi connectivity index (χ3n) is 6.17. The Labute approximate surface area is 193 Å². The molecule has 1 aliphatic heterocycles. The first-order valence-electron chi connectivity index (χ1n) is 11.1. The van der Waals surface area contributed by atoms with E-state index in [0.29, 0.717) is 12.1 Å². The Kier molecular flexibility index (Phi) is 5.17. The molecule has 3 heterocycles. The van der Waals surface area contributed by atoms with E-state index >= 15 is 0 Å². The summed E-state index contributed by atoms with van der Waals surface area (Å²) in [4.78, 5) is 31.5. The third kappa shape index (κ3) is 3.87.